The number of carboxylic acids is 1. The summed E-state index contributed by atoms with van der Waals surface area (Å²) in [6.45, 7) is 1.13. The second-order valence-electron chi connectivity index (χ2n) is 10.2. The van der Waals surface area contributed by atoms with Gasteiger partial charge in [-0.25, -0.2) is 13.6 Å². The maximum atomic E-state index is 16.4. The standard InChI is InChI=1S/C28H29F2N3O5/c1-36-21-12-18(3-4-19(21)29)33-20-11-17-14-31-32-25(17)24(30)23(20)22(26(33)15-6-9-38-10-7-15)16-5-8-28(13-16,37-2)27(34)35/h3-4,11-12,14-16H,5-10,13H2,1-2H3,(H,31,32)(H,34,35)/t16?,28-/m0/s1. The van der Waals surface area contributed by atoms with Crippen LogP contribution in [0, 0.1) is 11.6 Å². The lowest BCUT2D eigenvalue weighted by atomic mass is 9.85. The van der Waals surface area contributed by atoms with Crippen LogP contribution >= 0.6 is 0 Å². The van der Waals surface area contributed by atoms with Crippen LogP contribution in [0.2, 0.25) is 0 Å². The van der Waals surface area contributed by atoms with Crippen molar-refractivity contribution in [2.24, 2.45) is 0 Å². The molecule has 2 atom stereocenters. The second kappa shape index (κ2) is 9.36. The van der Waals surface area contributed by atoms with E-state index in [1.54, 1.807) is 18.3 Å². The molecule has 200 valence electrons. The van der Waals surface area contributed by atoms with Crippen LogP contribution in [0.1, 0.15) is 55.2 Å². The average molecular weight is 526 g/mol. The van der Waals surface area contributed by atoms with Gasteiger partial charge in [0.15, 0.2) is 23.0 Å². The zero-order valence-corrected chi connectivity index (χ0v) is 21.2. The minimum atomic E-state index is -1.33. The third-order valence-corrected chi connectivity index (χ3v) is 8.35. The second-order valence-corrected chi connectivity index (χ2v) is 10.2. The number of H-pyrrole nitrogens is 1. The van der Waals surface area contributed by atoms with Crippen molar-refractivity contribution in [1.82, 2.24) is 14.8 Å². The van der Waals surface area contributed by atoms with E-state index in [9.17, 15) is 14.3 Å². The smallest absolute Gasteiger partial charge is 0.335 e. The van der Waals surface area contributed by atoms with Gasteiger partial charge in [-0.15, -0.1) is 0 Å². The van der Waals surface area contributed by atoms with Gasteiger partial charge in [0.1, 0.15) is 5.52 Å². The summed E-state index contributed by atoms with van der Waals surface area (Å²) in [5, 5.41) is 17.9. The van der Waals surface area contributed by atoms with Crippen molar-refractivity contribution in [3.63, 3.8) is 0 Å². The zero-order valence-electron chi connectivity index (χ0n) is 21.2. The Kier molecular flexibility index (Phi) is 6.11. The van der Waals surface area contributed by atoms with E-state index >= 15 is 4.39 Å². The highest BCUT2D eigenvalue weighted by Crippen LogP contribution is 2.51. The van der Waals surface area contributed by atoms with Crippen molar-refractivity contribution in [2.45, 2.75) is 49.5 Å². The molecule has 2 aromatic heterocycles. The van der Waals surface area contributed by atoms with E-state index in [4.69, 9.17) is 14.2 Å². The van der Waals surface area contributed by atoms with Gasteiger partial charge in [-0.1, -0.05) is 0 Å². The summed E-state index contributed by atoms with van der Waals surface area (Å²) in [7, 11) is 2.82. The Balaban J connectivity index is 1.69. The molecule has 4 aromatic rings. The molecule has 38 heavy (non-hydrogen) atoms. The molecule has 8 nitrogen and oxygen atoms in total. The number of aromatic nitrogens is 3. The Bertz CT molecular complexity index is 1540. The number of methoxy groups -OCH3 is 2. The molecule has 2 aromatic carbocycles. The lowest BCUT2D eigenvalue weighted by Crippen LogP contribution is -2.37. The highest BCUT2D eigenvalue weighted by Gasteiger charge is 2.48. The summed E-state index contributed by atoms with van der Waals surface area (Å²) in [5.41, 5.74) is 1.90. The summed E-state index contributed by atoms with van der Waals surface area (Å²) < 4.78 is 49.3. The van der Waals surface area contributed by atoms with Crippen molar-refractivity contribution in [3.05, 3.63) is 53.4 Å². The van der Waals surface area contributed by atoms with E-state index < -0.39 is 23.2 Å². The van der Waals surface area contributed by atoms with Gasteiger partial charge in [0.25, 0.3) is 0 Å². The summed E-state index contributed by atoms with van der Waals surface area (Å²) in [6, 6.07) is 6.50. The molecule has 1 saturated carbocycles. The van der Waals surface area contributed by atoms with Crippen LogP contribution in [0.15, 0.2) is 30.5 Å². The number of carboxylic acid groups (broad SMARTS) is 1. The molecular formula is C28H29F2N3O5. The number of aliphatic carboxylic acids is 1. The van der Waals surface area contributed by atoms with Crippen LogP contribution in [-0.4, -0.2) is 58.9 Å². The average Bonchev–Trinajstić information content (AvgIpc) is 3.66. The highest BCUT2D eigenvalue weighted by molar-refractivity contribution is 6.00. The van der Waals surface area contributed by atoms with E-state index in [0.29, 0.717) is 53.5 Å². The number of rotatable bonds is 6. The Morgan fingerprint density at radius 2 is 1.97 bits per heavy atom. The van der Waals surface area contributed by atoms with Gasteiger partial charge < -0.3 is 23.9 Å². The predicted octanol–water partition coefficient (Wildman–Crippen LogP) is 5.42. The number of carbonyl (C=O) groups is 1. The molecule has 2 N–H and O–H groups in total. The third-order valence-electron chi connectivity index (χ3n) is 8.35. The number of benzene rings is 2. The predicted molar refractivity (Wildman–Crippen MR) is 136 cm³/mol. The van der Waals surface area contributed by atoms with Crippen molar-refractivity contribution in [3.8, 4) is 11.4 Å². The normalized spacial score (nSPS) is 22.5. The molecular weight excluding hydrogens is 496 g/mol. The first-order valence-corrected chi connectivity index (χ1v) is 12.8. The number of fused-ring (bicyclic) bond motifs is 2. The maximum Gasteiger partial charge on any atom is 0.335 e. The minimum Gasteiger partial charge on any atom is -0.494 e. The Labute approximate surface area is 217 Å². The number of hydrogen-bond acceptors (Lipinski definition) is 5. The molecule has 10 heteroatoms. The van der Waals surface area contributed by atoms with Crippen LogP contribution in [0.4, 0.5) is 8.78 Å². The fourth-order valence-corrected chi connectivity index (χ4v) is 6.42. The Hall–Kier alpha value is -3.50. The molecule has 2 fully saturated rings. The van der Waals surface area contributed by atoms with Crippen LogP contribution in [0.3, 0.4) is 0 Å². The van der Waals surface area contributed by atoms with Gasteiger partial charge in [0.2, 0.25) is 0 Å². The molecule has 1 aliphatic heterocycles. The lowest BCUT2D eigenvalue weighted by Gasteiger charge is -2.27. The monoisotopic (exact) mass is 525 g/mol. The van der Waals surface area contributed by atoms with Gasteiger partial charge in [0, 0.05) is 54.5 Å². The van der Waals surface area contributed by atoms with Crippen LogP contribution in [0.25, 0.3) is 27.5 Å². The summed E-state index contributed by atoms with van der Waals surface area (Å²) >= 11 is 0. The quantitative estimate of drug-likeness (QED) is 0.349. The van der Waals surface area contributed by atoms with Crippen molar-refractivity contribution >= 4 is 27.8 Å². The first-order chi connectivity index (χ1) is 18.4. The van der Waals surface area contributed by atoms with E-state index in [2.05, 4.69) is 10.2 Å². The molecule has 2 aliphatic rings. The van der Waals surface area contributed by atoms with Gasteiger partial charge in [-0.05, 0) is 61.8 Å². The molecule has 1 saturated heterocycles. The molecule has 1 unspecified atom stereocenters. The number of nitrogens with zero attached hydrogens (tertiary/aromatic N) is 2. The summed E-state index contributed by atoms with van der Waals surface area (Å²) in [6.07, 6.45) is 4.10. The summed E-state index contributed by atoms with van der Waals surface area (Å²) in [5.74, 6) is -2.09. The van der Waals surface area contributed by atoms with Gasteiger partial charge in [-0.3, -0.25) is 5.10 Å². The number of aromatic amines is 1. The Morgan fingerprint density at radius 1 is 1.18 bits per heavy atom. The largest absolute Gasteiger partial charge is 0.494 e. The molecule has 0 amide bonds. The molecule has 6 rings (SSSR count). The lowest BCUT2D eigenvalue weighted by molar-refractivity contribution is -0.161. The summed E-state index contributed by atoms with van der Waals surface area (Å²) in [4.78, 5) is 12.2. The van der Waals surface area contributed by atoms with Crippen molar-refractivity contribution in [1.29, 1.82) is 0 Å². The number of ether oxygens (including phenoxy) is 3. The zero-order chi connectivity index (χ0) is 26.6. The number of hydrogen-bond donors (Lipinski definition) is 2. The molecule has 0 radical (unpaired) electrons. The first-order valence-electron chi connectivity index (χ1n) is 12.8. The van der Waals surface area contributed by atoms with Gasteiger partial charge in [0.05, 0.1) is 18.8 Å². The molecule has 0 spiro atoms. The van der Waals surface area contributed by atoms with Crippen LogP contribution in [0.5, 0.6) is 5.75 Å². The topological polar surface area (TPSA) is 98.6 Å². The number of nitrogens with one attached hydrogen (secondary N) is 1. The van der Waals surface area contributed by atoms with Gasteiger partial charge in [-0.2, -0.15) is 5.10 Å². The fourth-order valence-electron chi connectivity index (χ4n) is 6.42. The van der Waals surface area contributed by atoms with E-state index in [1.807, 2.05) is 10.6 Å². The molecule has 0 bridgehead atoms. The fraction of sp³-hybridized carbons (Fsp3) is 0.429. The van der Waals surface area contributed by atoms with Crippen molar-refractivity contribution < 1.29 is 32.9 Å². The number of halogens is 2. The van der Waals surface area contributed by atoms with E-state index in [1.165, 1.54) is 20.3 Å². The maximum absolute atomic E-state index is 16.4. The van der Waals surface area contributed by atoms with Crippen molar-refractivity contribution in [2.75, 3.05) is 27.4 Å². The van der Waals surface area contributed by atoms with E-state index in [-0.39, 0.29) is 24.0 Å². The molecule has 3 heterocycles. The SMILES string of the molecule is COc1cc(-n2c(C3CCOCC3)c(C3CC[C@@](OC)(C(=O)O)C3)c3c(F)c4[nH]ncc4cc32)ccc1F. The van der Waals surface area contributed by atoms with Crippen LogP contribution < -0.4 is 4.74 Å². The minimum absolute atomic E-state index is 0.0282. The molecule has 1 aliphatic carbocycles. The third kappa shape index (κ3) is 3.69. The van der Waals surface area contributed by atoms with Gasteiger partial charge >= 0.3 is 5.97 Å². The van der Waals surface area contributed by atoms with E-state index in [0.717, 1.165) is 24.1 Å². The Morgan fingerprint density at radius 3 is 2.66 bits per heavy atom. The first kappa shape index (κ1) is 24.8. The van der Waals surface area contributed by atoms with Crippen LogP contribution in [-0.2, 0) is 14.3 Å². The highest BCUT2D eigenvalue weighted by atomic mass is 19.1.